The van der Waals surface area contributed by atoms with Crippen LogP contribution < -0.4 is 15.4 Å². The topological polar surface area (TPSA) is 70.6 Å². The lowest BCUT2D eigenvalue weighted by atomic mass is 10.1. The summed E-state index contributed by atoms with van der Waals surface area (Å²) in [5.41, 5.74) is 1.95. The van der Waals surface area contributed by atoms with Crippen molar-refractivity contribution in [3.8, 4) is 5.75 Å². The molecule has 0 bridgehead atoms. The van der Waals surface area contributed by atoms with Crippen LogP contribution in [0, 0.1) is 0 Å². The number of urea groups is 1. The lowest BCUT2D eigenvalue weighted by Crippen LogP contribution is -2.43. The first-order valence-corrected chi connectivity index (χ1v) is 7.11. The van der Waals surface area contributed by atoms with Crippen molar-refractivity contribution in [2.24, 2.45) is 0 Å². The van der Waals surface area contributed by atoms with E-state index in [2.05, 4.69) is 10.6 Å². The molecule has 0 saturated heterocycles. The maximum absolute atomic E-state index is 11.7. The highest BCUT2D eigenvalue weighted by atomic mass is 35.5. The average Bonchev–Trinajstić information content (AvgIpc) is 2.90. The van der Waals surface area contributed by atoms with Crippen LogP contribution >= 0.6 is 11.6 Å². The summed E-state index contributed by atoms with van der Waals surface area (Å²) in [6.07, 6.45) is 1.52. The molecule has 3 N–H and O–H groups in total. The molecule has 1 aromatic rings. The summed E-state index contributed by atoms with van der Waals surface area (Å²) in [4.78, 5) is 11.7. The van der Waals surface area contributed by atoms with Gasteiger partial charge in [-0.3, -0.25) is 0 Å². The predicted octanol–water partition coefficient (Wildman–Crippen LogP) is 1.84. The number of halogens is 1. The van der Waals surface area contributed by atoms with E-state index in [0.717, 1.165) is 23.3 Å². The van der Waals surface area contributed by atoms with E-state index in [4.69, 9.17) is 21.4 Å². The van der Waals surface area contributed by atoms with Crippen LogP contribution in [0.2, 0.25) is 5.02 Å². The molecule has 0 radical (unpaired) electrons. The zero-order chi connectivity index (χ0) is 14.5. The Hall–Kier alpha value is -1.46. The first kappa shape index (κ1) is 14.9. The molecule has 1 atom stereocenters. The van der Waals surface area contributed by atoms with Crippen molar-refractivity contribution in [1.29, 1.82) is 0 Å². The third kappa shape index (κ3) is 3.55. The van der Waals surface area contributed by atoms with Crippen LogP contribution in [-0.4, -0.2) is 30.4 Å². The van der Waals surface area contributed by atoms with E-state index >= 15 is 0 Å². The molecule has 1 aliphatic rings. The summed E-state index contributed by atoms with van der Waals surface area (Å²) in [6.45, 7) is 2.83. The van der Waals surface area contributed by atoms with E-state index in [9.17, 15) is 4.79 Å². The number of amides is 2. The van der Waals surface area contributed by atoms with E-state index < -0.39 is 0 Å². The molecule has 0 spiro atoms. The zero-order valence-electron chi connectivity index (χ0n) is 11.4. The molecule has 1 unspecified atom stereocenters. The number of rotatable bonds is 5. The Morgan fingerprint density at radius 1 is 1.55 bits per heavy atom. The summed E-state index contributed by atoms with van der Waals surface area (Å²) in [5.74, 6) is 0.823. The average molecular weight is 299 g/mol. The molecule has 0 aliphatic carbocycles. The number of carbonyl (C=O) groups excluding carboxylic acids is 1. The minimum absolute atomic E-state index is 0.0698. The lowest BCUT2D eigenvalue weighted by Gasteiger charge is -2.15. The van der Waals surface area contributed by atoms with E-state index in [1.807, 2.05) is 13.0 Å². The second-order valence-corrected chi connectivity index (χ2v) is 5.20. The highest BCUT2D eigenvalue weighted by molar-refractivity contribution is 6.30. The second kappa shape index (κ2) is 6.81. The van der Waals surface area contributed by atoms with Crippen molar-refractivity contribution in [2.75, 3.05) is 13.2 Å². The predicted molar refractivity (Wildman–Crippen MR) is 77.2 cm³/mol. The van der Waals surface area contributed by atoms with Gasteiger partial charge in [-0.1, -0.05) is 18.5 Å². The molecule has 5 nitrogen and oxygen atoms in total. The summed E-state index contributed by atoms with van der Waals surface area (Å²) in [6, 6.07) is 3.16. The number of ether oxygens (including phenoxy) is 1. The van der Waals surface area contributed by atoms with Crippen molar-refractivity contribution in [2.45, 2.75) is 32.4 Å². The van der Waals surface area contributed by atoms with Crippen LogP contribution in [0.25, 0.3) is 0 Å². The number of hydrogen-bond donors (Lipinski definition) is 3. The van der Waals surface area contributed by atoms with Gasteiger partial charge in [0.15, 0.2) is 0 Å². The Bertz CT molecular complexity index is 490. The Labute approximate surface area is 123 Å². The number of carbonyl (C=O) groups is 1. The second-order valence-electron chi connectivity index (χ2n) is 4.77. The summed E-state index contributed by atoms with van der Waals surface area (Å²) in [5, 5.41) is 15.1. The fraction of sp³-hybridized carbons (Fsp3) is 0.500. The molecule has 1 heterocycles. The van der Waals surface area contributed by atoms with E-state index in [1.54, 1.807) is 6.07 Å². The Balaban J connectivity index is 1.96. The largest absolute Gasteiger partial charge is 0.493 e. The third-order valence-corrected chi connectivity index (χ3v) is 3.53. The maximum atomic E-state index is 11.7. The lowest BCUT2D eigenvalue weighted by molar-refractivity contribution is 0.214. The van der Waals surface area contributed by atoms with Crippen LogP contribution in [0.1, 0.15) is 24.5 Å². The van der Waals surface area contributed by atoms with Crippen LogP contribution in [-0.2, 0) is 13.0 Å². The van der Waals surface area contributed by atoms with Gasteiger partial charge in [0.05, 0.1) is 19.3 Å². The molecule has 0 aromatic heterocycles. The molecule has 2 rings (SSSR count). The molecule has 1 aromatic carbocycles. The molecular formula is C14H19ClN2O3. The first-order valence-electron chi connectivity index (χ1n) is 6.73. The van der Waals surface area contributed by atoms with Crippen molar-refractivity contribution < 1.29 is 14.6 Å². The number of aliphatic hydroxyl groups excluding tert-OH is 1. The smallest absolute Gasteiger partial charge is 0.315 e. The van der Waals surface area contributed by atoms with Crippen molar-refractivity contribution >= 4 is 17.6 Å². The van der Waals surface area contributed by atoms with Crippen molar-refractivity contribution in [3.63, 3.8) is 0 Å². The minimum atomic E-state index is -0.308. The van der Waals surface area contributed by atoms with Gasteiger partial charge >= 0.3 is 6.03 Å². The highest BCUT2D eigenvalue weighted by Gasteiger charge is 2.18. The fourth-order valence-electron chi connectivity index (χ4n) is 2.17. The minimum Gasteiger partial charge on any atom is -0.493 e. The van der Waals surface area contributed by atoms with E-state index in [1.165, 1.54) is 0 Å². The van der Waals surface area contributed by atoms with Gasteiger partial charge in [0.1, 0.15) is 5.75 Å². The van der Waals surface area contributed by atoms with Gasteiger partial charge < -0.3 is 20.5 Å². The number of aliphatic hydroxyl groups is 1. The molecule has 1 aliphatic heterocycles. The van der Waals surface area contributed by atoms with Gasteiger partial charge in [0.2, 0.25) is 0 Å². The van der Waals surface area contributed by atoms with E-state index in [0.29, 0.717) is 24.6 Å². The molecule has 0 fully saturated rings. The SMILES string of the molecule is CCC(CO)NC(=O)NCc1cc(Cl)cc2c1OCC2. The quantitative estimate of drug-likeness (QED) is 0.777. The number of benzene rings is 1. The number of fused-ring (bicyclic) bond motifs is 1. The van der Waals surface area contributed by atoms with Gasteiger partial charge in [-0.15, -0.1) is 0 Å². The molecule has 6 heteroatoms. The van der Waals surface area contributed by atoms with Crippen molar-refractivity contribution in [1.82, 2.24) is 10.6 Å². The zero-order valence-corrected chi connectivity index (χ0v) is 12.2. The van der Waals surface area contributed by atoms with Crippen molar-refractivity contribution in [3.05, 3.63) is 28.3 Å². The normalized spacial score (nSPS) is 14.3. The molecular weight excluding hydrogens is 280 g/mol. The van der Waals surface area contributed by atoms with Gasteiger partial charge in [-0.2, -0.15) is 0 Å². The molecule has 110 valence electrons. The third-order valence-electron chi connectivity index (χ3n) is 3.31. The molecule has 2 amide bonds. The molecule has 20 heavy (non-hydrogen) atoms. The number of hydrogen-bond acceptors (Lipinski definition) is 3. The van der Waals surface area contributed by atoms with Gasteiger partial charge in [0, 0.05) is 23.6 Å². The summed E-state index contributed by atoms with van der Waals surface area (Å²) in [7, 11) is 0. The van der Waals surface area contributed by atoms with Gasteiger partial charge in [-0.05, 0) is 24.1 Å². The van der Waals surface area contributed by atoms with Gasteiger partial charge in [0.25, 0.3) is 0 Å². The highest BCUT2D eigenvalue weighted by Crippen LogP contribution is 2.32. The van der Waals surface area contributed by atoms with Gasteiger partial charge in [-0.25, -0.2) is 4.79 Å². The fourth-order valence-corrected chi connectivity index (χ4v) is 2.43. The monoisotopic (exact) mass is 298 g/mol. The Morgan fingerprint density at radius 2 is 2.35 bits per heavy atom. The standard InChI is InChI=1S/C14H19ClN2O3/c1-2-12(8-18)17-14(19)16-7-10-6-11(15)5-9-3-4-20-13(9)10/h5-6,12,18H,2-4,7-8H2,1H3,(H2,16,17,19). The Morgan fingerprint density at radius 3 is 3.05 bits per heavy atom. The number of nitrogens with one attached hydrogen (secondary N) is 2. The summed E-state index contributed by atoms with van der Waals surface area (Å²) >= 11 is 6.06. The van der Waals surface area contributed by atoms with Crippen LogP contribution in [0.4, 0.5) is 4.79 Å². The first-order chi connectivity index (χ1) is 9.63. The maximum Gasteiger partial charge on any atom is 0.315 e. The van der Waals surface area contributed by atoms with E-state index in [-0.39, 0.29) is 18.7 Å². The van der Waals surface area contributed by atoms with Crippen LogP contribution in [0.15, 0.2) is 12.1 Å². The van der Waals surface area contributed by atoms with Crippen LogP contribution in [0.5, 0.6) is 5.75 Å². The summed E-state index contributed by atoms with van der Waals surface area (Å²) < 4.78 is 5.57. The van der Waals surface area contributed by atoms with Crippen LogP contribution in [0.3, 0.4) is 0 Å². The Kier molecular flexibility index (Phi) is 5.09. The molecule has 0 saturated carbocycles.